The van der Waals surface area contributed by atoms with Gasteiger partial charge in [-0.25, -0.2) is 9.78 Å². The summed E-state index contributed by atoms with van der Waals surface area (Å²) >= 11 is 3.30. The van der Waals surface area contributed by atoms with Crippen LogP contribution in [0.4, 0.5) is 11.5 Å². The molecule has 0 aliphatic carbocycles. The summed E-state index contributed by atoms with van der Waals surface area (Å²) in [6.45, 7) is 1.83. The Kier molecular flexibility index (Phi) is 4.01. The zero-order valence-electron chi connectivity index (χ0n) is 10.5. The van der Waals surface area contributed by atoms with Crippen LogP contribution in [0.25, 0.3) is 0 Å². The van der Waals surface area contributed by atoms with E-state index in [0.29, 0.717) is 21.5 Å². The molecule has 0 aliphatic rings. The molecule has 0 unspecified atom stereocenters. The van der Waals surface area contributed by atoms with Crippen molar-refractivity contribution in [3.8, 4) is 6.07 Å². The van der Waals surface area contributed by atoms with E-state index in [1.165, 1.54) is 12.1 Å². The number of aromatic nitrogens is 1. The summed E-state index contributed by atoms with van der Waals surface area (Å²) in [4.78, 5) is 15.0. The van der Waals surface area contributed by atoms with Crippen molar-refractivity contribution in [3.63, 3.8) is 0 Å². The van der Waals surface area contributed by atoms with Crippen molar-refractivity contribution in [2.24, 2.45) is 0 Å². The fourth-order valence-corrected chi connectivity index (χ4v) is 2.15. The first-order valence-corrected chi connectivity index (χ1v) is 6.48. The van der Waals surface area contributed by atoms with Crippen LogP contribution in [0.3, 0.4) is 0 Å². The normalized spacial score (nSPS) is 9.85. The number of pyridine rings is 1. The molecule has 0 spiro atoms. The molecule has 5 nitrogen and oxygen atoms in total. The minimum absolute atomic E-state index is 0.181. The molecule has 6 heteroatoms. The lowest BCUT2D eigenvalue weighted by Crippen LogP contribution is -2.01. The van der Waals surface area contributed by atoms with Gasteiger partial charge in [0.2, 0.25) is 0 Å². The van der Waals surface area contributed by atoms with Gasteiger partial charge < -0.3 is 10.4 Å². The number of nitriles is 1. The Morgan fingerprint density at radius 3 is 2.80 bits per heavy atom. The van der Waals surface area contributed by atoms with Crippen molar-refractivity contribution in [2.75, 3.05) is 5.32 Å². The summed E-state index contributed by atoms with van der Waals surface area (Å²) in [6.07, 6.45) is 1.61. The van der Waals surface area contributed by atoms with Crippen LogP contribution in [0, 0.1) is 18.3 Å². The van der Waals surface area contributed by atoms with Gasteiger partial charge >= 0.3 is 5.97 Å². The molecule has 1 aromatic heterocycles. The van der Waals surface area contributed by atoms with E-state index in [2.05, 4.69) is 32.3 Å². The number of hydrogen-bond donors (Lipinski definition) is 2. The van der Waals surface area contributed by atoms with Crippen molar-refractivity contribution in [3.05, 3.63) is 51.6 Å². The molecule has 0 aliphatic heterocycles. The maximum Gasteiger partial charge on any atom is 0.335 e. The summed E-state index contributed by atoms with van der Waals surface area (Å²) in [6, 6.07) is 8.45. The average molecular weight is 332 g/mol. The van der Waals surface area contributed by atoms with Gasteiger partial charge in [-0.15, -0.1) is 0 Å². The average Bonchev–Trinajstić information content (AvgIpc) is 2.41. The lowest BCUT2D eigenvalue weighted by Gasteiger charge is -2.10. The number of nitrogens with zero attached hydrogens (tertiary/aromatic N) is 2. The molecule has 2 aromatic rings. The number of halogens is 1. The van der Waals surface area contributed by atoms with Crippen molar-refractivity contribution >= 4 is 33.4 Å². The van der Waals surface area contributed by atoms with Crippen molar-refractivity contribution in [1.82, 2.24) is 4.98 Å². The highest BCUT2D eigenvalue weighted by Gasteiger charge is 2.10. The van der Waals surface area contributed by atoms with E-state index in [1.54, 1.807) is 18.3 Å². The molecule has 0 saturated carbocycles. The smallest absolute Gasteiger partial charge is 0.335 e. The molecule has 1 heterocycles. The first-order valence-electron chi connectivity index (χ1n) is 5.68. The summed E-state index contributed by atoms with van der Waals surface area (Å²) in [5.41, 5.74) is 2.11. The van der Waals surface area contributed by atoms with E-state index in [4.69, 9.17) is 10.4 Å². The zero-order chi connectivity index (χ0) is 14.7. The minimum atomic E-state index is -0.997. The first kappa shape index (κ1) is 14.0. The van der Waals surface area contributed by atoms with Crippen molar-refractivity contribution in [2.45, 2.75) is 6.92 Å². The summed E-state index contributed by atoms with van der Waals surface area (Å²) in [7, 11) is 0. The number of aryl methyl sites for hydroxylation is 1. The molecule has 20 heavy (non-hydrogen) atoms. The van der Waals surface area contributed by atoms with Crippen LogP contribution in [0.15, 0.2) is 34.9 Å². The largest absolute Gasteiger partial charge is 0.478 e. The Morgan fingerprint density at radius 2 is 2.20 bits per heavy atom. The molecule has 0 saturated heterocycles. The molecule has 1 aromatic carbocycles. The highest BCUT2D eigenvalue weighted by atomic mass is 79.9. The Hall–Kier alpha value is -2.39. The maximum absolute atomic E-state index is 10.9. The summed E-state index contributed by atoms with van der Waals surface area (Å²) < 4.78 is 0.588. The van der Waals surface area contributed by atoms with Gasteiger partial charge in [0.1, 0.15) is 11.9 Å². The molecular formula is C14H10BrN3O2. The van der Waals surface area contributed by atoms with Gasteiger partial charge in [-0.05, 0) is 52.7 Å². The first-order chi connectivity index (χ1) is 9.52. The topological polar surface area (TPSA) is 86.0 Å². The highest BCUT2D eigenvalue weighted by Crippen LogP contribution is 2.28. The number of rotatable bonds is 3. The predicted molar refractivity (Wildman–Crippen MR) is 78.1 cm³/mol. The number of carboxylic acids is 1. The van der Waals surface area contributed by atoms with E-state index < -0.39 is 5.97 Å². The zero-order valence-corrected chi connectivity index (χ0v) is 12.1. The van der Waals surface area contributed by atoms with Gasteiger partial charge in [-0.1, -0.05) is 0 Å². The molecule has 100 valence electrons. The molecule has 0 amide bonds. The number of benzene rings is 1. The number of carboxylic acid groups (broad SMARTS) is 1. The Morgan fingerprint density at radius 1 is 1.45 bits per heavy atom. The second kappa shape index (κ2) is 5.72. The quantitative estimate of drug-likeness (QED) is 0.899. The van der Waals surface area contributed by atoms with Crippen LogP contribution in [0.1, 0.15) is 21.5 Å². The van der Waals surface area contributed by atoms with Crippen molar-refractivity contribution < 1.29 is 9.90 Å². The SMILES string of the molecule is Cc1ccnc(Nc2ccc(C(=O)O)cc2Br)c1C#N. The Bertz CT molecular complexity index is 723. The van der Waals surface area contributed by atoms with Crippen LogP contribution in [-0.4, -0.2) is 16.1 Å². The summed E-state index contributed by atoms with van der Waals surface area (Å²) in [5.74, 6) is -0.556. The predicted octanol–water partition coefficient (Wildman–Crippen LogP) is 3.47. The molecular weight excluding hydrogens is 322 g/mol. The number of anilines is 2. The van der Waals surface area contributed by atoms with E-state index in [0.717, 1.165) is 5.56 Å². The third kappa shape index (κ3) is 2.78. The van der Waals surface area contributed by atoms with Gasteiger partial charge in [0.05, 0.1) is 16.8 Å². The third-order valence-corrected chi connectivity index (χ3v) is 3.40. The van der Waals surface area contributed by atoms with Crippen LogP contribution in [0.5, 0.6) is 0 Å². The van der Waals surface area contributed by atoms with E-state index in [9.17, 15) is 4.79 Å². The van der Waals surface area contributed by atoms with Gasteiger partial charge in [-0.2, -0.15) is 5.26 Å². The molecule has 0 radical (unpaired) electrons. The fraction of sp³-hybridized carbons (Fsp3) is 0.0714. The number of nitrogens with one attached hydrogen (secondary N) is 1. The lowest BCUT2D eigenvalue weighted by molar-refractivity contribution is 0.0697. The molecule has 0 bridgehead atoms. The standard InChI is InChI=1S/C14H10BrN3O2/c1-8-4-5-17-13(10(8)7-16)18-12-3-2-9(14(19)20)6-11(12)15/h2-6H,1H3,(H,17,18)(H,19,20). The Balaban J connectivity index is 2.39. The monoisotopic (exact) mass is 331 g/mol. The fourth-order valence-electron chi connectivity index (χ4n) is 1.67. The van der Waals surface area contributed by atoms with Crippen LogP contribution in [-0.2, 0) is 0 Å². The second-order valence-corrected chi connectivity index (χ2v) is 4.94. The van der Waals surface area contributed by atoms with Gasteiger partial charge in [0, 0.05) is 10.7 Å². The van der Waals surface area contributed by atoms with Gasteiger partial charge in [-0.3, -0.25) is 0 Å². The lowest BCUT2D eigenvalue weighted by atomic mass is 10.1. The number of aromatic carboxylic acids is 1. The van der Waals surface area contributed by atoms with Crippen LogP contribution < -0.4 is 5.32 Å². The Labute approximate surface area is 124 Å². The molecule has 0 atom stereocenters. The second-order valence-electron chi connectivity index (χ2n) is 4.09. The van der Waals surface area contributed by atoms with Gasteiger partial charge in [0.15, 0.2) is 0 Å². The molecule has 0 fully saturated rings. The van der Waals surface area contributed by atoms with Crippen molar-refractivity contribution in [1.29, 1.82) is 5.26 Å². The minimum Gasteiger partial charge on any atom is -0.478 e. The maximum atomic E-state index is 10.9. The van der Waals surface area contributed by atoms with E-state index >= 15 is 0 Å². The summed E-state index contributed by atoms with van der Waals surface area (Å²) in [5, 5.41) is 21.1. The number of carbonyl (C=O) groups is 1. The van der Waals surface area contributed by atoms with E-state index in [1.807, 2.05) is 6.92 Å². The van der Waals surface area contributed by atoms with Crippen LogP contribution in [0.2, 0.25) is 0 Å². The van der Waals surface area contributed by atoms with E-state index in [-0.39, 0.29) is 5.56 Å². The number of hydrogen-bond acceptors (Lipinski definition) is 4. The third-order valence-electron chi connectivity index (χ3n) is 2.74. The molecule has 2 rings (SSSR count). The highest BCUT2D eigenvalue weighted by molar-refractivity contribution is 9.10. The van der Waals surface area contributed by atoms with Gasteiger partial charge in [0.25, 0.3) is 0 Å². The van der Waals surface area contributed by atoms with Crippen LogP contribution >= 0.6 is 15.9 Å². The molecule has 2 N–H and O–H groups in total.